The molecular formula is C25H18Cl2N2O4. The van der Waals surface area contributed by atoms with Crippen molar-refractivity contribution in [2.45, 2.75) is 12.8 Å². The van der Waals surface area contributed by atoms with Crippen molar-refractivity contribution in [1.82, 2.24) is 0 Å². The van der Waals surface area contributed by atoms with Gasteiger partial charge in [-0.1, -0.05) is 41.4 Å². The van der Waals surface area contributed by atoms with Gasteiger partial charge in [0.15, 0.2) is 0 Å². The minimum atomic E-state index is -0.642. The Kier molecular flexibility index (Phi) is 6.45. The topological polar surface area (TPSA) is 94.6 Å². The van der Waals surface area contributed by atoms with Crippen LogP contribution in [0.4, 0.5) is 0 Å². The van der Waals surface area contributed by atoms with Crippen LogP contribution >= 0.6 is 23.2 Å². The Hall–Kier alpha value is -3.66. The smallest absolute Gasteiger partial charge is 0.345 e. The molecule has 166 valence electrons. The maximum absolute atomic E-state index is 12.6. The van der Waals surface area contributed by atoms with E-state index in [0.29, 0.717) is 28.5 Å². The number of carbonyl (C=O) groups is 1. The van der Waals surface area contributed by atoms with Crippen molar-refractivity contribution in [3.05, 3.63) is 98.9 Å². The van der Waals surface area contributed by atoms with Gasteiger partial charge in [0, 0.05) is 16.7 Å². The van der Waals surface area contributed by atoms with E-state index in [4.69, 9.17) is 43.1 Å². The zero-order valence-corrected chi connectivity index (χ0v) is 19.0. The zero-order chi connectivity index (χ0) is 23.5. The standard InChI is InChI=1S/C25H18Cl2N2O4/c1-2-31-16-6-3-14(4-7-16)23-19-10-8-17(12-22(19)33-24(29)20(23)13-28)32-25(30)18-9-5-15(26)11-21(18)27/h3-12,23H,2,29H2,1H3. The third-order valence-corrected chi connectivity index (χ3v) is 5.62. The molecule has 6 nitrogen and oxygen atoms in total. The Balaban J connectivity index is 1.66. The minimum Gasteiger partial charge on any atom is -0.494 e. The lowest BCUT2D eigenvalue weighted by Gasteiger charge is -2.26. The van der Waals surface area contributed by atoms with Gasteiger partial charge in [-0.3, -0.25) is 0 Å². The summed E-state index contributed by atoms with van der Waals surface area (Å²) in [6.45, 7) is 2.46. The second-order valence-electron chi connectivity index (χ2n) is 7.14. The average Bonchev–Trinajstić information content (AvgIpc) is 2.79. The summed E-state index contributed by atoms with van der Waals surface area (Å²) >= 11 is 12.0. The van der Waals surface area contributed by atoms with Crippen LogP contribution in [0.2, 0.25) is 10.0 Å². The number of ether oxygens (including phenoxy) is 3. The summed E-state index contributed by atoms with van der Waals surface area (Å²) in [4.78, 5) is 12.6. The van der Waals surface area contributed by atoms with Crippen molar-refractivity contribution < 1.29 is 19.0 Å². The Bertz CT molecular complexity index is 1300. The van der Waals surface area contributed by atoms with Crippen LogP contribution < -0.4 is 19.9 Å². The number of esters is 1. The SMILES string of the molecule is CCOc1ccc(C2C(C#N)=C(N)Oc3cc(OC(=O)c4ccc(Cl)cc4Cl)ccc32)cc1. The Labute approximate surface area is 200 Å². The summed E-state index contributed by atoms with van der Waals surface area (Å²) in [5, 5.41) is 10.3. The van der Waals surface area contributed by atoms with Crippen molar-refractivity contribution in [3.63, 3.8) is 0 Å². The molecule has 0 saturated heterocycles. The average molecular weight is 481 g/mol. The van der Waals surface area contributed by atoms with Gasteiger partial charge in [0.25, 0.3) is 0 Å². The molecule has 0 aliphatic carbocycles. The molecule has 0 bridgehead atoms. The maximum Gasteiger partial charge on any atom is 0.345 e. The van der Waals surface area contributed by atoms with Crippen LogP contribution in [0.1, 0.15) is 34.3 Å². The summed E-state index contributed by atoms with van der Waals surface area (Å²) in [6, 6.07) is 19.0. The van der Waals surface area contributed by atoms with Crippen molar-refractivity contribution in [3.8, 4) is 23.3 Å². The third-order valence-electron chi connectivity index (χ3n) is 5.08. The van der Waals surface area contributed by atoms with Crippen LogP contribution in [0.25, 0.3) is 0 Å². The third kappa shape index (κ3) is 4.61. The number of carbonyl (C=O) groups excluding carboxylic acids is 1. The lowest BCUT2D eigenvalue weighted by molar-refractivity contribution is 0.0734. The van der Waals surface area contributed by atoms with E-state index in [1.165, 1.54) is 12.1 Å². The maximum atomic E-state index is 12.6. The highest BCUT2D eigenvalue weighted by molar-refractivity contribution is 6.36. The van der Waals surface area contributed by atoms with E-state index in [-0.39, 0.29) is 22.2 Å². The van der Waals surface area contributed by atoms with Crippen LogP contribution in [0.15, 0.2) is 72.1 Å². The van der Waals surface area contributed by atoms with Crippen LogP contribution in [-0.4, -0.2) is 12.6 Å². The summed E-state index contributed by atoms with van der Waals surface area (Å²) in [5.74, 6) is 0.267. The van der Waals surface area contributed by atoms with E-state index in [1.807, 2.05) is 31.2 Å². The highest BCUT2D eigenvalue weighted by Gasteiger charge is 2.31. The summed E-state index contributed by atoms with van der Waals surface area (Å²) in [5.41, 5.74) is 8.10. The van der Waals surface area contributed by atoms with Crippen LogP contribution in [0, 0.1) is 11.3 Å². The first-order valence-electron chi connectivity index (χ1n) is 10.0. The Morgan fingerprint density at radius 1 is 1.09 bits per heavy atom. The van der Waals surface area contributed by atoms with Gasteiger partial charge in [-0.25, -0.2) is 4.79 Å². The molecule has 3 aromatic carbocycles. The van der Waals surface area contributed by atoms with Gasteiger partial charge < -0.3 is 19.9 Å². The number of fused-ring (bicyclic) bond motifs is 1. The second-order valence-corrected chi connectivity index (χ2v) is 7.98. The largest absolute Gasteiger partial charge is 0.494 e. The highest BCUT2D eigenvalue weighted by Crippen LogP contribution is 2.43. The molecule has 0 aromatic heterocycles. The molecule has 0 radical (unpaired) electrons. The predicted octanol–water partition coefficient (Wildman–Crippen LogP) is 5.83. The second kappa shape index (κ2) is 9.45. The molecule has 1 aliphatic heterocycles. The van der Waals surface area contributed by atoms with Gasteiger partial charge >= 0.3 is 5.97 Å². The minimum absolute atomic E-state index is 0.00638. The Morgan fingerprint density at radius 2 is 1.82 bits per heavy atom. The number of benzene rings is 3. The summed E-state index contributed by atoms with van der Waals surface area (Å²) in [7, 11) is 0. The quantitative estimate of drug-likeness (QED) is 0.364. The number of hydrogen-bond donors (Lipinski definition) is 1. The van der Waals surface area contributed by atoms with E-state index in [0.717, 1.165) is 11.3 Å². The molecule has 0 fully saturated rings. The fourth-order valence-corrected chi connectivity index (χ4v) is 4.07. The van der Waals surface area contributed by atoms with Gasteiger partial charge in [0.2, 0.25) is 5.88 Å². The predicted molar refractivity (Wildman–Crippen MR) is 125 cm³/mol. The molecule has 33 heavy (non-hydrogen) atoms. The molecule has 3 aromatic rings. The number of allylic oxidation sites excluding steroid dienone is 1. The monoisotopic (exact) mass is 480 g/mol. The van der Waals surface area contributed by atoms with Gasteiger partial charge in [-0.05, 0) is 48.9 Å². The van der Waals surface area contributed by atoms with E-state index in [2.05, 4.69) is 6.07 Å². The fraction of sp³-hybridized carbons (Fsp3) is 0.120. The fourth-order valence-electron chi connectivity index (χ4n) is 3.58. The van der Waals surface area contributed by atoms with E-state index < -0.39 is 11.9 Å². The van der Waals surface area contributed by atoms with Gasteiger partial charge in [-0.15, -0.1) is 0 Å². The normalized spacial score (nSPS) is 14.7. The molecule has 8 heteroatoms. The summed E-state index contributed by atoms with van der Waals surface area (Å²) in [6.07, 6.45) is 0. The Morgan fingerprint density at radius 3 is 2.48 bits per heavy atom. The van der Waals surface area contributed by atoms with E-state index in [9.17, 15) is 10.1 Å². The van der Waals surface area contributed by atoms with Crippen molar-refractivity contribution >= 4 is 29.2 Å². The molecule has 1 aliphatic rings. The molecule has 1 heterocycles. The van der Waals surface area contributed by atoms with Crippen molar-refractivity contribution in [2.24, 2.45) is 5.73 Å². The summed E-state index contributed by atoms with van der Waals surface area (Å²) < 4.78 is 16.7. The molecular weight excluding hydrogens is 463 g/mol. The molecule has 0 saturated carbocycles. The van der Waals surface area contributed by atoms with Crippen LogP contribution in [-0.2, 0) is 0 Å². The van der Waals surface area contributed by atoms with Gasteiger partial charge in [0.05, 0.1) is 23.1 Å². The lowest BCUT2D eigenvalue weighted by atomic mass is 9.83. The molecule has 2 N–H and O–H groups in total. The van der Waals surface area contributed by atoms with Crippen LogP contribution in [0.3, 0.4) is 0 Å². The molecule has 1 atom stereocenters. The van der Waals surface area contributed by atoms with E-state index in [1.54, 1.807) is 24.3 Å². The lowest BCUT2D eigenvalue weighted by Crippen LogP contribution is -2.21. The first-order chi connectivity index (χ1) is 15.9. The highest BCUT2D eigenvalue weighted by atomic mass is 35.5. The number of rotatable bonds is 5. The number of hydrogen-bond acceptors (Lipinski definition) is 6. The van der Waals surface area contributed by atoms with Crippen molar-refractivity contribution in [2.75, 3.05) is 6.61 Å². The van der Waals surface area contributed by atoms with Gasteiger partial charge in [0.1, 0.15) is 28.9 Å². The number of nitrogens with zero attached hydrogens (tertiary/aromatic N) is 1. The first-order valence-corrected chi connectivity index (χ1v) is 10.8. The number of nitrogens with two attached hydrogens (primary N) is 1. The molecule has 1 unspecified atom stereocenters. The van der Waals surface area contributed by atoms with Crippen LogP contribution in [0.5, 0.6) is 17.2 Å². The number of nitriles is 1. The first kappa shape index (κ1) is 22.5. The van der Waals surface area contributed by atoms with Crippen molar-refractivity contribution in [1.29, 1.82) is 5.26 Å². The molecule has 0 spiro atoms. The zero-order valence-electron chi connectivity index (χ0n) is 17.5. The number of halogens is 2. The van der Waals surface area contributed by atoms with E-state index >= 15 is 0 Å². The molecule has 0 amide bonds. The molecule has 4 rings (SSSR count). The van der Waals surface area contributed by atoms with Gasteiger partial charge in [-0.2, -0.15) is 5.26 Å².